The van der Waals surface area contributed by atoms with Crippen LogP contribution in [-0.4, -0.2) is 70.1 Å². The first-order chi connectivity index (χ1) is 14.5. The van der Waals surface area contributed by atoms with Crippen molar-refractivity contribution in [1.29, 1.82) is 0 Å². The smallest absolute Gasteiger partial charge is 0.227 e. The molecule has 0 atom stereocenters. The van der Waals surface area contributed by atoms with Crippen LogP contribution in [0, 0.1) is 6.92 Å². The largest absolute Gasteiger partial charge is 0.496 e. The van der Waals surface area contributed by atoms with Crippen LogP contribution in [0.3, 0.4) is 0 Å². The average molecular weight is 412 g/mol. The molecule has 2 heterocycles. The van der Waals surface area contributed by atoms with Crippen LogP contribution >= 0.6 is 0 Å². The van der Waals surface area contributed by atoms with Crippen molar-refractivity contribution < 1.29 is 14.1 Å². The van der Waals surface area contributed by atoms with Gasteiger partial charge in [0, 0.05) is 31.6 Å². The van der Waals surface area contributed by atoms with Crippen LogP contribution in [0.5, 0.6) is 5.75 Å². The lowest BCUT2D eigenvalue weighted by atomic mass is 10.2. The van der Waals surface area contributed by atoms with Gasteiger partial charge in [0.1, 0.15) is 5.75 Å². The van der Waals surface area contributed by atoms with E-state index in [4.69, 9.17) is 9.26 Å². The molecule has 1 amide bonds. The van der Waals surface area contributed by atoms with Crippen molar-refractivity contribution in [2.75, 3.05) is 34.3 Å². The monoisotopic (exact) mass is 412 g/mol. The van der Waals surface area contributed by atoms with Crippen LogP contribution in [0.25, 0.3) is 11.4 Å². The molecule has 0 bridgehead atoms. The SMILES string of the molecule is COc1ccccc1-c1noc(CCC(=O)N(CCN(C)C)Cc2nc[nH]c2C)n1. The summed E-state index contributed by atoms with van der Waals surface area (Å²) in [5, 5.41) is 4.04. The van der Waals surface area contributed by atoms with E-state index in [-0.39, 0.29) is 12.3 Å². The first-order valence-electron chi connectivity index (χ1n) is 9.85. The minimum absolute atomic E-state index is 0.0243. The molecule has 1 aromatic carbocycles. The predicted molar refractivity (Wildman–Crippen MR) is 112 cm³/mol. The number of aryl methyl sites for hydroxylation is 2. The predicted octanol–water partition coefficient (Wildman–Crippen LogP) is 2.30. The fraction of sp³-hybridized carbons (Fsp3) is 0.429. The lowest BCUT2D eigenvalue weighted by molar-refractivity contribution is -0.132. The third-order valence-corrected chi connectivity index (χ3v) is 4.81. The number of imidazole rings is 1. The Morgan fingerprint density at radius 1 is 1.23 bits per heavy atom. The number of hydrogen-bond acceptors (Lipinski definition) is 7. The number of ether oxygens (including phenoxy) is 1. The Bertz CT molecular complexity index is 965. The Labute approximate surface area is 176 Å². The highest BCUT2D eigenvalue weighted by Gasteiger charge is 2.19. The standard InChI is InChI=1S/C21H28N6O3/c1-15-17(23-14-22-15)13-27(12-11-26(2)3)20(28)10-9-19-24-21(25-30-19)16-7-5-6-8-18(16)29-4/h5-8,14H,9-13H2,1-4H3,(H,22,23). The molecule has 3 aromatic rings. The van der Waals surface area contributed by atoms with Crippen molar-refractivity contribution in [3.05, 3.63) is 47.9 Å². The molecule has 0 aliphatic heterocycles. The molecule has 1 N–H and O–H groups in total. The van der Waals surface area contributed by atoms with E-state index in [0.29, 0.717) is 37.0 Å². The summed E-state index contributed by atoms with van der Waals surface area (Å²) in [6.07, 6.45) is 2.31. The number of methoxy groups -OCH3 is 1. The van der Waals surface area contributed by atoms with Gasteiger partial charge in [-0.2, -0.15) is 4.98 Å². The van der Waals surface area contributed by atoms with E-state index in [1.807, 2.05) is 50.2 Å². The van der Waals surface area contributed by atoms with E-state index >= 15 is 0 Å². The van der Waals surface area contributed by atoms with Crippen molar-refractivity contribution in [3.8, 4) is 17.1 Å². The minimum Gasteiger partial charge on any atom is -0.496 e. The number of H-pyrrole nitrogens is 1. The molecule has 0 radical (unpaired) electrons. The number of nitrogens with one attached hydrogen (secondary N) is 1. The number of rotatable bonds is 10. The summed E-state index contributed by atoms with van der Waals surface area (Å²) < 4.78 is 10.7. The number of hydrogen-bond donors (Lipinski definition) is 1. The van der Waals surface area contributed by atoms with Crippen molar-refractivity contribution in [1.82, 2.24) is 29.9 Å². The molecule has 0 unspecified atom stereocenters. The molecule has 0 saturated carbocycles. The number of nitrogens with zero attached hydrogens (tertiary/aromatic N) is 5. The van der Waals surface area contributed by atoms with Crippen LogP contribution in [0.2, 0.25) is 0 Å². The van der Waals surface area contributed by atoms with Gasteiger partial charge in [0.15, 0.2) is 0 Å². The van der Waals surface area contributed by atoms with Crippen molar-refractivity contribution >= 4 is 5.91 Å². The van der Waals surface area contributed by atoms with Crippen LogP contribution in [0.4, 0.5) is 0 Å². The lowest BCUT2D eigenvalue weighted by Crippen LogP contribution is -2.36. The first kappa shape index (κ1) is 21.5. The maximum absolute atomic E-state index is 12.9. The molecule has 9 nitrogen and oxygen atoms in total. The molecule has 160 valence electrons. The number of carbonyl (C=O) groups excluding carboxylic acids is 1. The Hall–Kier alpha value is -3.20. The van der Waals surface area contributed by atoms with Gasteiger partial charge in [-0.1, -0.05) is 17.3 Å². The molecule has 0 aliphatic rings. The number of aromatic nitrogens is 4. The van der Waals surface area contributed by atoms with Gasteiger partial charge in [-0.05, 0) is 33.2 Å². The molecule has 0 aliphatic carbocycles. The molecule has 0 spiro atoms. The zero-order chi connectivity index (χ0) is 21.5. The van der Waals surface area contributed by atoms with Crippen LogP contribution in [-0.2, 0) is 17.8 Å². The van der Waals surface area contributed by atoms with Gasteiger partial charge < -0.3 is 24.0 Å². The highest BCUT2D eigenvalue weighted by atomic mass is 16.5. The van der Waals surface area contributed by atoms with Gasteiger partial charge in [0.05, 0.1) is 31.2 Å². The highest BCUT2D eigenvalue weighted by Crippen LogP contribution is 2.27. The second kappa shape index (κ2) is 10.0. The quantitative estimate of drug-likeness (QED) is 0.545. The second-order valence-electron chi connectivity index (χ2n) is 7.30. The summed E-state index contributed by atoms with van der Waals surface area (Å²) in [5.74, 6) is 1.57. The van der Waals surface area contributed by atoms with E-state index in [1.165, 1.54) is 0 Å². The summed E-state index contributed by atoms with van der Waals surface area (Å²) in [7, 11) is 5.57. The van der Waals surface area contributed by atoms with E-state index in [2.05, 4.69) is 25.0 Å². The number of likely N-dealkylation sites (N-methyl/N-ethyl adjacent to an activating group) is 1. The molecule has 9 heteroatoms. The topological polar surface area (TPSA) is 100 Å². The molecule has 3 rings (SSSR count). The lowest BCUT2D eigenvalue weighted by Gasteiger charge is -2.24. The minimum atomic E-state index is 0.0243. The number of amides is 1. The Kier molecular flexibility index (Phi) is 7.18. The third-order valence-electron chi connectivity index (χ3n) is 4.81. The number of benzene rings is 1. The number of para-hydroxylation sites is 1. The van der Waals surface area contributed by atoms with E-state index < -0.39 is 0 Å². The average Bonchev–Trinajstić information content (AvgIpc) is 3.38. The zero-order valence-electron chi connectivity index (χ0n) is 17.9. The van der Waals surface area contributed by atoms with Gasteiger partial charge in [-0.3, -0.25) is 4.79 Å². The van der Waals surface area contributed by atoms with E-state index in [0.717, 1.165) is 23.5 Å². The van der Waals surface area contributed by atoms with Gasteiger partial charge in [-0.25, -0.2) is 4.98 Å². The van der Waals surface area contributed by atoms with Crippen molar-refractivity contribution in [2.24, 2.45) is 0 Å². The number of carbonyl (C=O) groups is 1. The molecular formula is C21H28N6O3. The Morgan fingerprint density at radius 2 is 2.03 bits per heavy atom. The third kappa shape index (κ3) is 5.44. The van der Waals surface area contributed by atoms with E-state index in [1.54, 1.807) is 13.4 Å². The zero-order valence-corrected chi connectivity index (χ0v) is 17.9. The fourth-order valence-electron chi connectivity index (χ4n) is 3.01. The summed E-state index contributed by atoms with van der Waals surface area (Å²) in [4.78, 5) is 28.6. The highest BCUT2D eigenvalue weighted by molar-refractivity contribution is 5.76. The maximum Gasteiger partial charge on any atom is 0.227 e. The first-order valence-corrected chi connectivity index (χ1v) is 9.85. The molecule has 0 fully saturated rings. The van der Waals surface area contributed by atoms with Gasteiger partial charge in [0.2, 0.25) is 17.6 Å². The maximum atomic E-state index is 12.9. The molecule has 0 saturated heterocycles. The summed E-state index contributed by atoms with van der Waals surface area (Å²) in [6.45, 7) is 3.81. The van der Waals surface area contributed by atoms with Crippen molar-refractivity contribution in [3.63, 3.8) is 0 Å². The van der Waals surface area contributed by atoms with Gasteiger partial charge in [-0.15, -0.1) is 0 Å². The molecule has 30 heavy (non-hydrogen) atoms. The van der Waals surface area contributed by atoms with Crippen LogP contribution < -0.4 is 4.74 Å². The van der Waals surface area contributed by atoms with Gasteiger partial charge >= 0.3 is 0 Å². The normalized spacial score (nSPS) is 11.1. The van der Waals surface area contributed by atoms with Crippen molar-refractivity contribution in [2.45, 2.75) is 26.3 Å². The molecular weight excluding hydrogens is 384 g/mol. The second-order valence-corrected chi connectivity index (χ2v) is 7.30. The number of aromatic amines is 1. The Balaban J connectivity index is 1.64. The van der Waals surface area contributed by atoms with Crippen LogP contribution in [0.15, 0.2) is 35.1 Å². The van der Waals surface area contributed by atoms with Gasteiger partial charge in [0.25, 0.3) is 0 Å². The summed E-state index contributed by atoms with van der Waals surface area (Å²) in [5.41, 5.74) is 2.59. The van der Waals surface area contributed by atoms with Crippen LogP contribution in [0.1, 0.15) is 23.7 Å². The fourth-order valence-corrected chi connectivity index (χ4v) is 3.01. The summed E-state index contributed by atoms with van der Waals surface area (Å²) >= 11 is 0. The summed E-state index contributed by atoms with van der Waals surface area (Å²) in [6, 6.07) is 7.48. The molecule has 2 aromatic heterocycles. The van der Waals surface area contributed by atoms with E-state index in [9.17, 15) is 4.79 Å². The Morgan fingerprint density at radius 3 is 2.73 bits per heavy atom.